The molecule has 0 aliphatic carbocycles. The molecule has 0 N–H and O–H groups in total. The van der Waals surface area contributed by atoms with Crippen LogP contribution in [0.5, 0.6) is 0 Å². The highest BCUT2D eigenvalue weighted by Crippen LogP contribution is 2.41. The van der Waals surface area contributed by atoms with Crippen LogP contribution in [0.1, 0.15) is 46.5 Å². The second-order valence-corrected chi connectivity index (χ2v) is 7.83. The summed E-state index contributed by atoms with van der Waals surface area (Å²) in [5, 5.41) is 0. The molecule has 144 valence electrons. The number of carbonyl (C=O) groups is 1. The fourth-order valence-electron chi connectivity index (χ4n) is 4.40. The van der Waals surface area contributed by atoms with E-state index < -0.39 is 0 Å². The van der Waals surface area contributed by atoms with Gasteiger partial charge in [-0.05, 0) is 50.5 Å². The van der Waals surface area contributed by atoms with E-state index in [2.05, 4.69) is 30.6 Å². The van der Waals surface area contributed by atoms with Gasteiger partial charge < -0.3 is 9.64 Å². The molecule has 2 aliphatic heterocycles. The minimum atomic E-state index is -0.251. The number of carbonyl (C=O) groups excluding carboxylic acids is 1. The first-order valence-corrected chi connectivity index (χ1v) is 9.93. The SMILES string of the molecule is CCC1(CC)C[C@H](CCN2CCN(c3ccc(F)cc3)[C@H](C)C2)OC1=O. The molecule has 1 aromatic rings. The van der Waals surface area contributed by atoms with Gasteiger partial charge in [0.25, 0.3) is 0 Å². The normalized spacial score (nSPS) is 26.2. The number of hydrogen-bond donors (Lipinski definition) is 0. The van der Waals surface area contributed by atoms with Crippen molar-refractivity contribution in [2.75, 3.05) is 31.1 Å². The van der Waals surface area contributed by atoms with Crippen molar-refractivity contribution in [3.05, 3.63) is 30.1 Å². The number of esters is 1. The topological polar surface area (TPSA) is 32.8 Å². The fourth-order valence-corrected chi connectivity index (χ4v) is 4.40. The highest BCUT2D eigenvalue weighted by Gasteiger charge is 2.46. The van der Waals surface area contributed by atoms with E-state index in [9.17, 15) is 9.18 Å². The van der Waals surface area contributed by atoms with E-state index >= 15 is 0 Å². The molecule has 0 saturated carbocycles. The number of rotatable bonds is 6. The van der Waals surface area contributed by atoms with Gasteiger partial charge in [-0.25, -0.2) is 4.39 Å². The van der Waals surface area contributed by atoms with Crippen molar-refractivity contribution in [1.82, 2.24) is 4.90 Å². The largest absolute Gasteiger partial charge is 0.462 e. The van der Waals surface area contributed by atoms with Gasteiger partial charge in [-0.2, -0.15) is 0 Å². The minimum Gasteiger partial charge on any atom is -0.462 e. The molecule has 2 atom stereocenters. The third-order valence-corrected chi connectivity index (χ3v) is 6.32. The molecule has 3 rings (SSSR count). The van der Waals surface area contributed by atoms with Gasteiger partial charge in [-0.3, -0.25) is 9.69 Å². The summed E-state index contributed by atoms with van der Waals surface area (Å²) in [6.45, 7) is 10.2. The maximum absolute atomic E-state index is 13.1. The zero-order valence-corrected chi connectivity index (χ0v) is 16.2. The maximum atomic E-state index is 13.1. The van der Waals surface area contributed by atoms with Gasteiger partial charge in [0.2, 0.25) is 0 Å². The quantitative estimate of drug-likeness (QED) is 0.720. The number of benzene rings is 1. The minimum absolute atomic E-state index is 0.00185. The number of nitrogens with zero attached hydrogens (tertiary/aromatic N) is 2. The van der Waals surface area contributed by atoms with Crippen LogP contribution >= 0.6 is 0 Å². The van der Waals surface area contributed by atoms with Crippen LogP contribution < -0.4 is 4.90 Å². The number of cyclic esters (lactones) is 1. The van der Waals surface area contributed by atoms with Gasteiger partial charge in [0.05, 0.1) is 5.41 Å². The Morgan fingerprint density at radius 2 is 1.88 bits per heavy atom. The van der Waals surface area contributed by atoms with E-state index in [1.54, 1.807) is 0 Å². The summed E-state index contributed by atoms with van der Waals surface area (Å²) in [6, 6.07) is 7.14. The molecule has 2 saturated heterocycles. The molecule has 26 heavy (non-hydrogen) atoms. The molecule has 2 aliphatic rings. The number of piperazine rings is 1. The predicted octanol–water partition coefficient (Wildman–Crippen LogP) is 3.85. The van der Waals surface area contributed by atoms with Gasteiger partial charge >= 0.3 is 5.97 Å². The summed E-state index contributed by atoms with van der Waals surface area (Å²) in [5.74, 6) is -0.191. The number of ether oxygens (including phenoxy) is 1. The van der Waals surface area contributed by atoms with E-state index in [1.807, 2.05) is 12.1 Å². The Bertz CT molecular complexity index is 615. The van der Waals surface area contributed by atoms with Crippen molar-refractivity contribution in [3.63, 3.8) is 0 Å². The molecule has 5 heteroatoms. The summed E-state index contributed by atoms with van der Waals surface area (Å²) in [4.78, 5) is 17.0. The van der Waals surface area contributed by atoms with Crippen molar-refractivity contribution >= 4 is 11.7 Å². The average molecular weight is 362 g/mol. The third-order valence-electron chi connectivity index (χ3n) is 6.32. The van der Waals surface area contributed by atoms with Gasteiger partial charge in [0.1, 0.15) is 11.9 Å². The second kappa shape index (κ2) is 7.95. The Kier molecular flexibility index (Phi) is 5.86. The first-order chi connectivity index (χ1) is 12.5. The Balaban J connectivity index is 1.49. The summed E-state index contributed by atoms with van der Waals surface area (Å²) in [6.07, 6.45) is 3.58. The Morgan fingerprint density at radius 3 is 2.46 bits per heavy atom. The van der Waals surface area contributed by atoms with Crippen molar-refractivity contribution < 1.29 is 13.9 Å². The van der Waals surface area contributed by atoms with Gasteiger partial charge in [-0.1, -0.05) is 13.8 Å². The summed E-state index contributed by atoms with van der Waals surface area (Å²) in [5.41, 5.74) is 0.832. The summed E-state index contributed by atoms with van der Waals surface area (Å²) in [7, 11) is 0. The molecule has 4 nitrogen and oxygen atoms in total. The van der Waals surface area contributed by atoms with Gasteiger partial charge in [0, 0.05) is 44.3 Å². The highest BCUT2D eigenvalue weighted by atomic mass is 19.1. The average Bonchev–Trinajstić information content (AvgIpc) is 2.97. The van der Waals surface area contributed by atoms with Crippen LogP contribution in [-0.2, 0) is 9.53 Å². The van der Waals surface area contributed by atoms with Crippen LogP contribution in [0, 0.1) is 11.2 Å². The zero-order valence-electron chi connectivity index (χ0n) is 16.2. The Hall–Kier alpha value is -1.62. The standard InChI is InChI=1S/C21H31FN2O2/c1-4-21(5-2)14-19(26-20(21)25)10-11-23-12-13-24(16(3)15-23)18-8-6-17(22)7-9-18/h6-9,16,19H,4-5,10-15H2,1-3H3/t16-,19+/m1/s1. The molecule has 2 fully saturated rings. The molecule has 0 spiro atoms. The van der Waals surface area contributed by atoms with Gasteiger partial charge in [0.15, 0.2) is 0 Å². The van der Waals surface area contributed by atoms with Crippen LogP contribution in [0.3, 0.4) is 0 Å². The highest BCUT2D eigenvalue weighted by molar-refractivity contribution is 5.78. The lowest BCUT2D eigenvalue weighted by Crippen LogP contribution is -2.52. The first kappa shape index (κ1) is 19.2. The number of anilines is 1. The predicted molar refractivity (Wildman–Crippen MR) is 102 cm³/mol. The molecule has 0 amide bonds. The zero-order chi connectivity index (χ0) is 18.7. The van der Waals surface area contributed by atoms with Crippen LogP contribution in [0.4, 0.5) is 10.1 Å². The van der Waals surface area contributed by atoms with E-state index in [0.717, 1.165) is 57.5 Å². The van der Waals surface area contributed by atoms with E-state index in [4.69, 9.17) is 4.74 Å². The molecule has 1 aromatic carbocycles. The second-order valence-electron chi connectivity index (χ2n) is 7.83. The van der Waals surface area contributed by atoms with Crippen molar-refractivity contribution in [1.29, 1.82) is 0 Å². The monoisotopic (exact) mass is 362 g/mol. The van der Waals surface area contributed by atoms with Crippen LogP contribution in [0.25, 0.3) is 0 Å². The van der Waals surface area contributed by atoms with Crippen LogP contribution in [0.15, 0.2) is 24.3 Å². The van der Waals surface area contributed by atoms with Crippen molar-refractivity contribution in [3.8, 4) is 0 Å². The van der Waals surface area contributed by atoms with E-state index in [1.165, 1.54) is 12.1 Å². The van der Waals surface area contributed by atoms with E-state index in [-0.39, 0.29) is 23.3 Å². The molecule has 0 unspecified atom stereocenters. The Labute approximate surface area is 156 Å². The summed E-state index contributed by atoms with van der Waals surface area (Å²) < 4.78 is 18.8. The lowest BCUT2D eigenvalue weighted by Gasteiger charge is -2.41. The lowest BCUT2D eigenvalue weighted by atomic mass is 9.79. The molecule has 0 bridgehead atoms. The van der Waals surface area contributed by atoms with Crippen LogP contribution in [0.2, 0.25) is 0 Å². The lowest BCUT2D eigenvalue weighted by molar-refractivity contribution is -0.149. The number of hydrogen-bond acceptors (Lipinski definition) is 4. The molecular weight excluding hydrogens is 331 g/mol. The summed E-state index contributed by atoms with van der Waals surface area (Å²) >= 11 is 0. The van der Waals surface area contributed by atoms with Crippen molar-refractivity contribution in [2.45, 2.75) is 58.6 Å². The molecule has 2 heterocycles. The molecule has 0 radical (unpaired) electrons. The van der Waals surface area contributed by atoms with Crippen molar-refractivity contribution in [2.24, 2.45) is 5.41 Å². The van der Waals surface area contributed by atoms with E-state index in [0.29, 0.717) is 6.04 Å². The fraction of sp³-hybridized carbons (Fsp3) is 0.667. The first-order valence-electron chi connectivity index (χ1n) is 9.93. The Morgan fingerprint density at radius 1 is 1.19 bits per heavy atom. The van der Waals surface area contributed by atoms with Crippen LogP contribution in [-0.4, -0.2) is 49.2 Å². The number of halogens is 1. The molecular formula is C21H31FN2O2. The molecule has 0 aromatic heterocycles. The maximum Gasteiger partial charge on any atom is 0.312 e. The third kappa shape index (κ3) is 3.88. The van der Waals surface area contributed by atoms with Gasteiger partial charge in [-0.15, -0.1) is 0 Å². The smallest absolute Gasteiger partial charge is 0.312 e.